The molecule has 0 N–H and O–H groups in total. The van der Waals surface area contributed by atoms with E-state index in [9.17, 15) is 21.6 Å². The molecule has 2 aliphatic rings. The van der Waals surface area contributed by atoms with Crippen LogP contribution in [0.3, 0.4) is 0 Å². The molecule has 0 atom stereocenters. The van der Waals surface area contributed by atoms with Crippen LogP contribution in [0.4, 0.5) is 24.5 Å². The van der Waals surface area contributed by atoms with Crippen LogP contribution in [-0.4, -0.2) is 20.5 Å². The molecule has 0 unspecified atom stereocenters. The second kappa shape index (κ2) is 6.30. The molecule has 0 spiro atoms. The summed E-state index contributed by atoms with van der Waals surface area (Å²) in [5.41, 5.74) is -2.07. The van der Waals surface area contributed by atoms with Crippen molar-refractivity contribution in [2.75, 3.05) is 11.4 Å². The molecule has 4 nitrogen and oxygen atoms in total. The van der Waals surface area contributed by atoms with E-state index in [1.165, 1.54) is 12.1 Å². The first kappa shape index (κ1) is 17.9. The van der Waals surface area contributed by atoms with Gasteiger partial charge in [-0.15, -0.1) is 0 Å². The molecule has 0 bridgehead atoms. The average Bonchev–Trinajstić information content (AvgIpc) is 3.42. The van der Waals surface area contributed by atoms with Gasteiger partial charge in [-0.25, -0.2) is 0 Å². The van der Waals surface area contributed by atoms with Crippen molar-refractivity contribution in [3.63, 3.8) is 0 Å². The third-order valence-electron chi connectivity index (χ3n) is 4.59. The number of halogens is 3. The zero-order chi connectivity index (χ0) is 19.2. The van der Waals surface area contributed by atoms with Crippen LogP contribution in [0.25, 0.3) is 12.2 Å². The molecular weight excluding hydrogens is 379 g/mol. The Bertz CT molecular complexity index is 1010. The topological polar surface area (TPSA) is 46.6 Å². The second-order valence-electron chi connectivity index (χ2n) is 6.65. The number of benzene rings is 2. The molecule has 1 saturated carbocycles. The fourth-order valence-electron chi connectivity index (χ4n) is 3.08. The first-order valence-electron chi connectivity index (χ1n) is 8.44. The van der Waals surface area contributed by atoms with Crippen molar-refractivity contribution in [1.82, 2.24) is 0 Å². The lowest BCUT2D eigenvalue weighted by atomic mass is 10.1. The van der Waals surface area contributed by atoms with E-state index in [0.29, 0.717) is 11.5 Å². The molecule has 2 aromatic rings. The van der Waals surface area contributed by atoms with E-state index in [1.54, 1.807) is 12.1 Å². The van der Waals surface area contributed by atoms with E-state index in [-0.39, 0.29) is 5.75 Å². The number of para-hydroxylation sites is 1. The number of fused-ring (bicyclic) bond motifs is 2. The van der Waals surface area contributed by atoms with Gasteiger partial charge in [0.05, 0.1) is 0 Å². The summed E-state index contributed by atoms with van der Waals surface area (Å²) >= 11 is 0. The first-order valence-corrected chi connectivity index (χ1v) is 9.85. The molecule has 1 heterocycles. The summed E-state index contributed by atoms with van der Waals surface area (Å²) in [5, 5.41) is 0. The Morgan fingerprint density at radius 1 is 1.00 bits per heavy atom. The van der Waals surface area contributed by atoms with E-state index in [2.05, 4.69) is 9.08 Å². The highest BCUT2D eigenvalue weighted by atomic mass is 32.2. The van der Waals surface area contributed by atoms with Gasteiger partial charge in [-0.2, -0.15) is 21.6 Å². The van der Waals surface area contributed by atoms with Crippen LogP contribution in [0.1, 0.15) is 24.0 Å². The Kier molecular flexibility index (Phi) is 4.18. The smallest absolute Gasteiger partial charge is 0.376 e. The highest BCUT2D eigenvalue weighted by Crippen LogP contribution is 2.41. The van der Waals surface area contributed by atoms with Gasteiger partial charge in [-0.1, -0.05) is 30.4 Å². The van der Waals surface area contributed by atoms with Crippen LogP contribution in [0.2, 0.25) is 0 Å². The SMILES string of the molecule is O=S(=O)(Oc1ccc2c(c1)C=Cc1ccccc1N2CC1CC1)C(F)(F)F. The van der Waals surface area contributed by atoms with Crippen molar-refractivity contribution < 1.29 is 25.8 Å². The Labute approximate surface area is 155 Å². The summed E-state index contributed by atoms with van der Waals surface area (Å²) in [6.45, 7) is 0.798. The van der Waals surface area contributed by atoms with E-state index in [4.69, 9.17) is 0 Å². The summed E-state index contributed by atoms with van der Waals surface area (Å²) in [6, 6.07) is 12.0. The van der Waals surface area contributed by atoms with Crippen molar-refractivity contribution in [2.24, 2.45) is 5.92 Å². The maximum atomic E-state index is 12.6. The summed E-state index contributed by atoms with van der Waals surface area (Å²) in [7, 11) is -5.70. The molecule has 0 amide bonds. The van der Waals surface area contributed by atoms with E-state index in [1.807, 2.05) is 30.3 Å². The maximum Gasteiger partial charge on any atom is 0.534 e. The minimum Gasteiger partial charge on any atom is -0.376 e. The average molecular weight is 395 g/mol. The lowest BCUT2D eigenvalue weighted by Crippen LogP contribution is -2.28. The second-order valence-corrected chi connectivity index (χ2v) is 8.19. The Morgan fingerprint density at radius 2 is 1.67 bits per heavy atom. The molecule has 27 heavy (non-hydrogen) atoms. The fraction of sp³-hybridized carbons (Fsp3) is 0.263. The van der Waals surface area contributed by atoms with Crippen LogP contribution in [0.5, 0.6) is 5.75 Å². The molecule has 1 aliphatic carbocycles. The molecule has 142 valence electrons. The van der Waals surface area contributed by atoms with Gasteiger partial charge in [0.15, 0.2) is 0 Å². The van der Waals surface area contributed by atoms with Crippen LogP contribution >= 0.6 is 0 Å². The van der Waals surface area contributed by atoms with Crippen molar-refractivity contribution >= 4 is 33.6 Å². The number of alkyl halides is 3. The molecule has 0 radical (unpaired) electrons. The third-order valence-corrected chi connectivity index (χ3v) is 5.57. The summed E-state index contributed by atoms with van der Waals surface area (Å²) in [6.07, 6.45) is 5.91. The summed E-state index contributed by atoms with van der Waals surface area (Å²) < 4.78 is 64.6. The predicted octanol–water partition coefficient (Wildman–Crippen LogP) is 4.95. The lowest BCUT2D eigenvalue weighted by Gasteiger charge is -2.27. The van der Waals surface area contributed by atoms with Crippen LogP contribution in [0.15, 0.2) is 42.5 Å². The van der Waals surface area contributed by atoms with Crippen molar-refractivity contribution in [1.29, 1.82) is 0 Å². The van der Waals surface area contributed by atoms with Crippen LogP contribution in [-0.2, 0) is 10.1 Å². The predicted molar refractivity (Wildman–Crippen MR) is 97.1 cm³/mol. The zero-order valence-corrected chi connectivity index (χ0v) is 14.9. The van der Waals surface area contributed by atoms with Crippen molar-refractivity contribution in [2.45, 2.75) is 18.3 Å². The third kappa shape index (κ3) is 3.53. The molecule has 1 fully saturated rings. The lowest BCUT2D eigenvalue weighted by molar-refractivity contribution is -0.0500. The number of anilines is 2. The van der Waals surface area contributed by atoms with Gasteiger partial charge in [0.25, 0.3) is 0 Å². The van der Waals surface area contributed by atoms with Gasteiger partial charge >= 0.3 is 15.6 Å². The molecule has 8 heteroatoms. The Balaban J connectivity index is 1.74. The molecule has 0 aromatic heterocycles. The molecular formula is C19H16F3NO3S. The molecule has 2 aromatic carbocycles. The van der Waals surface area contributed by atoms with Gasteiger partial charge in [-0.3, -0.25) is 0 Å². The van der Waals surface area contributed by atoms with Gasteiger partial charge in [0.1, 0.15) is 5.75 Å². The molecule has 1 aliphatic heterocycles. The molecule has 4 rings (SSSR count). The van der Waals surface area contributed by atoms with E-state index >= 15 is 0 Å². The molecule has 0 saturated heterocycles. The van der Waals surface area contributed by atoms with Crippen LogP contribution < -0.4 is 9.08 Å². The number of nitrogens with zero attached hydrogens (tertiary/aromatic N) is 1. The quantitative estimate of drug-likeness (QED) is 0.543. The van der Waals surface area contributed by atoms with Crippen LogP contribution in [0, 0.1) is 5.92 Å². The van der Waals surface area contributed by atoms with Gasteiger partial charge < -0.3 is 9.08 Å². The van der Waals surface area contributed by atoms with E-state index < -0.39 is 15.6 Å². The number of rotatable bonds is 4. The Hall–Kier alpha value is -2.48. The largest absolute Gasteiger partial charge is 0.534 e. The zero-order valence-electron chi connectivity index (χ0n) is 14.1. The highest BCUT2D eigenvalue weighted by Gasteiger charge is 2.48. The van der Waals surface area contributed by atoms with Crippen molar-refractivity contribution in [3.8, 4) is 5.75 Å². The van der Waals surface area contributed by atoms with Gasteiger partial charge in [0.2, 0.25) is 0 Å². The first-order chi connectivity index (χ1) is 12.7. The minimum atomic E-state index is -5.70. The standard InChI is InChI=1S/C19H16F3NO3S/c20-19(21,22)27(24,25)26-16-9-10-18-15(11-16)8-7-14-3-1-2-4-17(14)23(18)12-13-5-6-13/h1-4,7-11,13H,5-6,12H2. The monoisotopic (exact) mass is 395 g/mol. The normalized spacial score (nSPS) is 16.5. The van der Waals surface area contributed by atoms with Crippen molar-refractivity contribution in [3.05, 3.63) is 53.6 Å². The maximum absolute atomic E-state index is 12.6. The minimum absolute atomic E-state index is 0.368. The number of hydrogen-bond acceptors (Lipinski definition) is 4. The van der Waals surface area contributed by atoms with Gasteiger partial charge in [-0.05, 0) is 48.6 Å². The number of hydrogen-bond donors (Lipinski definition) is 0. The summed E-state index contributed by atoms with van der Waals surface area (Å²) in [5.74, 6) is 0.207. The highest BCUT2D eigenvalue weighted by molar-refractivity contribution is 7.88. The fourth-order valence-corrected chi connectivity index (χ4v) is 3.53. The van der Waals surface area contributed by atoms with Gasteiger partial charge in [0, 0.05) is 23.5 Å². The Morgan fingerprint density at radius 3 is 2.37 bits per heavy atom. The summed E-state index contributed by atoms with van der Waals surface area (Å²) in [4.78, 5) is 2.13. The van der Waals surface area contributed by atoms with E-state index in [0.717, 1.165) is 36.3 Å².